The van der Waals surface area contributed by atoms with E-state index in [1.54, 1.807) is 35.1 Å². The van der Waals surface area contributed by atoms with Crippen molar-refractivity contribution >= 4 is 45.2 Å². The zero-order valence-electron chi connectivity index (χ0n) is 38.2. The number of ether oxygens (including phenoxy) is 2. The average Bonchev–Trinajstić information content (AvgIpc) is 3.31. The molecule has 332 valence electrons. The third-order valence-electron chi connectivity index (χ3n) is 23.5. The van der Waals surface area contributed by atoms with Gasteiger partial charge in [-0.2, -0.15) is 0 Å². The van der Waals surface area contributed by atoms with Crippen LogP contribution < -0.4 is 9.47 Å². The Morgan fingerprint density at radius 1 is 0.391 bits per heavy atom. The zero-order chi connectivity index (χ0) is 42.7. The van der Waals surface area contributed by atoms with Crippen molar-refractivity contribution in [3.63, 3.8) is 0 Å². The molecule has 18 fully saturated rings. The number of hydrogen-bond donors (Lipinski definition) is 0. The van der Waals surface area contributed by atoms with Gasteiger partial charge in [-0.3, -0.25) is 0 Å². The number of benzene rings is 4. The predicted molar refractivity (Wildman–Crippen MR) is 272 cm³/mol. The molecule has 2 nitrogen and oxygen atoms in total. The summed E-state index contributed by atoms with van der Waals surface area (Å²) in [6, 6.07) is 38.2. The van der Waals surface area contributed by atoms with Crippen LogP contribution in [0.4, 0.5) is 0 Å². The van der Waals surface area contributed by atoms with E-state index in [-0.39, 0.29) is 0 Å². The minimum Gasteiger partial charge on any atom is -0.494 e. The van der Waals surface area contributed by atoms with E-state index in [0.717, 1.165) is 84.9 Å². The fourth-order valence-electron chi connectivity index (χ4n) is 22.5. The lowest BCUT2D eigenvalue weighted by Crippen LogP contribution is -2.85. The van der Waals surface area contributed by atoms with Gasteiger partial charge in [-0.1, -0.05) is 62.4 Å². The fourth-order valence-corrected chi connectivity index (χ4v) is 23.2. The summed E-state index contributed by atoms with van der Waals surface area (Å²) in [7, 11) is 0. The molecule has 0 radical (unpaired) electrons. The molecule has 22 rings (SSSR count). The molecule has 0 saturated heterocycles. The first-order chi connectivity index (χ1) is 31.1. The number of halogens is 2. The van der Waals surface area contributed by atoms with Gasteiger partial charge < -0.3 is 9.47 Å². The standard InChI is InChI=1S/C33H40O2.C27H26I2/c1-3-13-34-24-9-5-22(6-10-24)30-16-27-26-15-31(23-7-11-25(12-8-23)35-14-4-2)19-32(27)21-33(20-31,28(26)17-30)29(32)18-30;28-18-5-1-16(2-6-18)24-10-21-20-9-25(17-3-7-19(29)8-4-17)13-26(21)15-27(14-25,22(20)11-24)23(26)12-24/h5-12,26-29H,3-4,13-21H2,1-2H3;1-8,20-23H,9-15H2/t26?,27-,28-,29?,30?,31?,32?,33?;20?,21-,22-,23?,24?,25?,26?,27?/m11/s1. The normalized spacial score (nSPS) is 48.2. The van der Waals surface area contributed by atoms with E-state index in [1.807, 2.05) is 0 Å². The SMILES string of the molecule is CCCOc1ccc(C23CC4C56CC7(c8ccc(OCCC)cc8)CC([C@H]5C2)[C@@H](C3)C4(C7)C6)cc1.Ic1ccc(C23CC4C56CC7(c8ccc(I)cc8)CC([C@H]5C2)[C@@H](C3)C4(C7)C6)cc1. The van der Waals surface area contributed by atoms with E-state index in [1.165, 1.54) is 84.2 Å². The Balaban J connectivity index is 0.000000121. The van der Waals surface area contributed by atoms with Crippen molar-refractivity contribution in [2.75, 3.05) is 13.2 Å². The van der Waals surface area contributed by atoms with Gasteiger partial charge >= 0.3 is 0 Å². The molecule has 0 amide bonds. The molecule has 4 unspecified atom stereocenters. The van der Waals surface area contributed by atoms with Crippen molar-refractivity contribution in [1.29, 1.82) is 0 Å². The summed E-state index contributed by atoms with van der Waals surface area (Å²) < 4.78 is 14.6. The Morgan fingerprint density at radius 2 is 0.703 bits per heavy atom. The van der Waals surface area contributed by atoms with E-state index in [2.05, 4.69) is 156 Å². The van der Waals surface area contributed by atoms with Gasteiger partial charge in [0.15, 0.2) is 0 Å². The van der Waals surface area contributed by atoms with E-state index >= 15 is 0 Å². The Kier molecular flexibility index (Phi) is 8.08. The molecule has 18 saturated carbocycles. The smallest absolute Gasteiger partial charge is 0.119 e. The van der Waals surface area contributed by atoms with E-state index in [0.29, 0.717) is 43.3 Å². The molecular weight excluding hydrogens is 1010 g/mol. The molecule has 4 heteroatoms. The molecule has 0 N–H and O–H groups in total. The second-order valence-electron chi connectivity index (χ2n) is 25.4. The Labute approximate surface area is 409 Å². The topological polar surface area (TPSA) is 18.5 Å². The van der Waals surface area contributed by atoms with Gasteiger partial charge in [0.25, 0.3) is 0 Å². The summed E-state index contributed by atoms with van der Waals surface area (Å²) in [5, 5.41) is 0. The highest BCUT2D eigenvalue weighted by Crippen LogP contribution is 2.95. The second kappa shape index (κ2) is 13.0. The molecule has 4 aromatic carbocycles. The largest absolute Gasteiger partial charge is 0.494 e. The van der Waals surface area contributed by atoms with E-state index in [9.17, 15) is 0 Å². The molecule has 0 aromatic heterocycles. The predicted octanol–water partition coefficient (Wildman–Crippen LogP) is 15.0. The maximum absolute atomic E-state index is 5.91. The summed E-state index contributed by atoms with van der Waals surface area (Å²) >= 11 is 4.93. The molecule has 0 heterocycles. The third-order valence-corrected chi connectivity index (χ3v) is 24.9. The van der Waals surface area contributed by atoms with Gasteiger partial charge in [-0.15, -0.1) is 0 Å². The third kappa shape index (κ3) is 4.72. The van der Waals surface area contributed by atoms with Crippen LogP contribution in [0.15, 0.2) is 97.1 Å². The maximum Gasteiger partial charge on any atom is 0.119 e. The van der Waals surface area contributed by atoms with Crippen molar-refractivity contribution < 1.29 is 9.47 Å². The maximum atomic E-state index is 5.91. The average molecular weight is 1070 g/mol. The summed E-state index contributed by atoms with van der Waals surface area (Å²) in [4.78, 5) is 0. The first kappa shape index (κ1) is 39.9. The monoisotopic (exact) mass is 1070 g/mol. The summed E-state index contributed by atoms with van der Waals surface area (Å²) in [6.45, 7) is 5.99. The van der Waals surface area contributed by atoms with Gasteiger partial charge in [-0.05, 0) is 309 Å². The molecule has 16 bridgehead atoms. The quantitative estimate of drug-likeness (QED) is 0.147. The minimum absolute atomic E-state index is 0.447. The van der Waals surface area contributed by atoms with Crippen LogP contribution in [0.25, 0.3) is 0 Å². The first-order valence-electron chi connectivity index (χ1n) is 26.0. The molecule has 8 atom stereocenters. The molecule has 64 heavy (non-hydrogen) atoms. The highest BCUT2D eigenvalue weighted by Gasteiger charge is 2.88. The molecule has 0 aliphatic heterocycles. The lowest BCUT2D eigenvalue weighted by atomic mass is 9.13. The summed E-state index contributed by atoms with van der Waals surface area (Å²) in [5.41, 5.74) is 11.3. The second-order valence-corrected chi connectivity index (χ2v) is 27.9. The van der Waals surface area contributed by atoms with E-state index in [4.69, 9.17) is 9.47 Å². The lowest BCUT2D eigenvalue weighted by Gasteiger charge is -2.91. The van der Waals surface area contributed by atoms with Crippen molar-refractivity contribution in [1.82, 2.24) is 0 Å². The van der Waals surface area contributed by atoms with Crippen molar-refractivity contribution in [3.8, 4) is 11.5 Å². The van der Waals surface area contributed by atoms with Gasteiger partial charge in [0.2, 0.25) is 0 Å². The molecule has 18 aliphatic carbocycles. The number of hydrogen-bond acceptors (Lipinski definition) is 2. The number of rotatable bonds is 10. The summed E-state index contributed by atoms with van der Waals surface area (Å²) in [6.07, 6.45) is 23.1. The Morgan fingerprint density at radius 3 is 1.03 bits per heavy atom. The van der Waals surface area contributed by atoms with Crippen LogP contribution in [0.3, 0.4) is 0 Å². The van der Waals surface area contributed by atoms with Crippen LogP contribution in [0.5, 0.6) is 11.5 Å². The van der Waals surface area contributed by atoms with Gasteiger partial charge in [0.05, 0.1) is 13.2 Å². The molecule has 4 spiro atoms. The Bertz CT molecular complexity index is 2460. The lowest BCUT2D eigenvalue weighted by molar-refractivity contribution is -0.399. The van der Waals surface area contributed by atoms with Crippen molar-refractivity contribution in [2.24, 2.45) is 69.0 Å². The van der Waals surface area contributed by atoms with Crippen LogP contribution in [-0.4, -0.2) is 13.2 Å². The minimum atomic E-state index is 0.447. The van der Waals surface area contributed by atoms with Crippen LogP contribution in [0.2, 0.25) is 0 Å². The molecular formula is C60H66I2O2. The first-order valence-corrected chi connectivity index (χ1v) is 28.2. The molecule has 4 aromatic rings. The van der Waals surface area contributed by atoms with Crippen molar-refractivity contribution in [3.05, 3.63) is 126 Å². The van der Waals surface area contributed by atoms with Crippen LogP contribution >= 0.6 is 45.2 Å². The van der Waals surface area contributed by atoms with Gasteiger partial charge in [-0.25, -0.2) is 0 Å². The Hall–Kier alpha value is -2.06. The van der Waals surface area contributed by atoms with Crippen LogP contribution in [-0.2, 0) is 21.7 Å². The highest BCUT2D eigenvalue weighted by atomic mass is 127. The van der Waals surface area contributed by atoms with Gasteiger partial charge in [0.1, 0.15) is 11.5 Å². The van der Waals surface area contributed by atoms with Crippen LogP contribution in [0, 0.1) is 76.1 Å². The molecule has 18 aliphatic rings. The zero-order valence-corrected chi connectivity index (χ0v) is 42.5. The van der Waals surface area contributed by atoms with Crippen molar-refractivity contribution in [2.45, 2.75) is 138 Å². The van der Waals surface area contributed by atoms with E-state index < -0.39 is 0 Å². The van der Waals surface area contributed by atoms with Gasteiger partial charge in [0, 0.05) is 7.14 Å². The summed E-state index contributed by atoms with van der Waals surface area (Å²) in [5.74, 6) is 10.1. The highest BCUT2D eigenvalue weighted by molar-refractivity contribution is 14.1. The fraction of sp³-hybridized carbons (Fsp3) is 0.600. The van der Waals surface area contributed by atoms with Crippen LogP contribution in [0.1, 0.15) is 139 Å².